The minimum atomic E-state index is -0.186. The SMILES string of the molecule is COc1cc(N)ccc1OCCCCCCN1C(=O)c2ccccc2C1=O. The molecule has 2 aromatic carbocycles. The van der Waals surface area contributed by atoms with Crippen LogP contribution < -0.4 is 15.2 Å². The second kappa shape index (κ2) is 8.58. The van der Waals surface area contributed by atoms with E-state index in [1.54, 1.807) is 49.6 Å². The summed E-state index contributed by atoms with van der Waals surface area (Å²) < 4.78 is 11.0. The van der Waals surface area contributed by atoms with Crippen LogP contribution in [0.15, 0.2) is 42.5 Å². The van der Waals surface area contributed by atoms with Crippen molar-refractivity contribution in [2.24, 2.45) is 0 Å². The zero-order chi connectivity index (χ0) is 19.2. The van der Waals surface area contributed by atoms with Gasteiger partial charge in [0.05, 0.1) is 24.8 Å². The van der Waals surface area contributed by atoms with Gasteiger partial charge >= 0.3 is 0 Å². The summed E-state index contributed by atoms with van der Waals surface area (Å²) in [5.74, 6) is 0.933. The van der Waals surface area contributed by atoms with Crippen molar-refractivity contribution in [3.63, 3.8) is 0 Å². The number of carbonyl (C=O) groups excluding carboxylic acids is 2. The van der Waals surface area contributed by atoms with Gasteiger partial charge in [-0.3, -0.25) is 14.5 Å². The number of methoxy groups -OCH3 is 1. The van der Waals surface area contributed by atoms with Gasteiger partial charge in [-0.2, -0.15) is 0 Å². The van der Waals surface area contributed by atoms with Crippen molar-refractivity contribution in [2.75, 3.05) is 26.0 Å². The number of nitrogens with two attached hydrogens (primary N) is 1. The number of anilines is 1. The summed E-state index contributed by atoms with van der Waals surface area (Å²) in [6.45, 7) is 1.03. The van der Waals surface area contributed by atoms with Crippen molar-refractivity contribution in [1.82, 2.24) is 4.90 Å². The molecule has 1 aliphatic heterocycles. The third kappa shape index (κ3) is 4.22. The predicted molar refractivity (Wildman–Crippen MR) is 103 cm³/mol. The van der Waals surface area contributed by atoms with E-state index >= 15 is 0 Å². The number of imide groups is 1. The third-order valence-electron chi connectivity index (χ3n) is 4.60. The first kappa shape index (κ1) is 18.8. The normalized spacial score (nSPS) is 13.0. The van der Waals surface area contributed by atoms with Crippen LogP contribution in [0.5, 0.6) is 11.5 Å². The van der Waals surface area contributed by atoms with Crippen molar-refractivity contribution < 1.29 is 19.1 Å². The number of hydrogen-bond donors (Lipinski definition) is 1. The van der Waals surface area contributed by atoms with Crippen LogP contribution in [0, 0.1) is 0 Å². The molecule has 2 aromatic rings. The summed E-state index contributed by atoms with van der Waals surface area (Å²) in [5.41, 5.74) is 7.37. The lowest BCUT2D eigenvalue weighted by Crippen LogP contribution is -2.30. The maximum Gasteiger partial charge on any atom is 0.261 e. The van der Waals surface area contributed by atoms with Gasteiger partial charge in [0.15, 0.2) is 11.5 Å². The molecular formula is C21H24N2O4. The molecule has 0 saturated carbocycles. The topological polar surface area (TPSA) is 81.9 Å². The fraction of sp³-hybridized carbons (Fsp3) is 0.333. The van der Waals surface area contributed by atoms with E-state index in [-0.39, 0.29) is 11.8 Å². The number of unbranched alkanes of at least 4 members (excludes halogenated alkanes) is 3. The summed E-state index contributed by atoms with van der Waals surface area (Å²) in [5, 5.41) is 0. The molecule has 0 atom stereocenters. The summed E-state index contributed by atoms with van der Waals surface area (Å²) >= 11 is 0. The highest BCUT2D eigenvalue weighted by Gasteiger charge is 2.34. The van der Waals surface area contributed by atoms with E-state index in [1.165, 1.54) is 4.90 Å². The van der Waals surface area contributed by atoms with E-state index in [2.05, 4.69) is 0 Å². The number of fused-ring (bicyclic) bond motifs is 1. The molecule has 0 radical (unpaired) electrons. The number of benzene rings is 2. The van der Waals surface area contributed by atoms with E-state index in [0.717, 1.165) is 25.7 Å². The molecule has 1 heterocycles. The minimum Gasteiger partial charge on any atom is -0.493 e. The number of amides is 2. The average Bonchev–Trinajstić information content (AvgIpc) is 2.93. The molecule has 0 aliphatic carbocycles. The quantitative estimate of drug-likeness (QED) is 0.416. The van der Waals surface area contributed by atoms with Crippen LogP contribution >= 0.6 is 0 Å². The van der Waals surface area contributed by atoms with E-state index in [4.69, 9.17) is 15.2 Å². The molecule has 142 valence electrons. The Morgan fingerprint density at radius 2 is 1.56 bits per heavy atom. The van der Waals surface area contributed by atoms with Crippen molar-refractivity contribution in [1.29, 1.82) is 0 Å². The highest BCUT2D eigenvalue weighted by molar-refractivity contribution is 6.21. The monoisotopic (exact) mass is 368 g/mol. The van der Waals surface area contributed by atoms with Gasteiger partial charge in [0.2, 0.25) is 0 Å². The maximum atomic E-state index is 12.3. The van der Waals surface area contributed by atoms with E-state index in [9.17, 15) is 9.59 Å². The zero-order valence-corrected chi connectivity index (χ0v) is 15.4. The molecule has 0 fully saturated rings. The zero-order valence-electron chi connectivity index (χ0n) is 15.4. The smallest absolute Gasteiger partial charge is 0.261 e. The summed E-state index contributed by atoms with van der Waals surface area (Å²) in [4.78, 5) is 25.9. The molecule has 27 heavy (non-hydrogen) atoms. The molecular weight excluding hydrogens is 344 g/mol. The fourth-order valence-corrected chi connectivity index (χ4v) is 3.15. The highest BCUT2D eigenvalue weighted by atomic mass is 16.5. The predicted octanol–water partition coefficient (Wildman–Crippen LogP) is 3.51. The van der Waals surface area contributed by atoms with E-state index in [0.29, 0.717) is 41.5 Å². The standard InChI is InChI=1S/C21H24N2O4/c1-26-19-14-15(22)10-11-18(19)27-13-7-3-2-6-12-23-20(24)16-8-4-5-9-17(16)21(23)25/h4-5,8-11,14H,2-3,6-7,12-13,22H2,1H3. The third-order valence-corrected chi connectivity index (χ3v) is 4.60. The van der Waals surface area contributed by atoms with Gasteiger partial charge in [-0.25, -0.2) is 0 Å². The molecule has 0 aromatic heterocycles. The Hall–Kier alpha value is -3.02. The lowest BCUT2D eigenvalue weighted by molar-refractivity contribution is 0.0651. The van der Waals surface area contributed by atoms with Crippen LogP contribution in [0.3, 0.4) is 0 Å². The van der Waals surface area contributed by atoms with Gasteiger partial charge in [0.1, 0.15) is 0 Å². The Morgan fingerprint density at radius 3 is 2.22 bits per heavy atom. The number of rotatable bonds is 9. The molecule has 0 bridgehead atoms. The van der Waals surface area contributed by atoms with Gasteiger partial charge in [0.25, 0.3) is 11.8 Å². The number of hydrogen-bond acceptors (Lipinski definition) is 5. The van der Waals surface area contributed by atoms with E-state index < -0.39 is 0 Å². The Morgan fingerprint density at radius 1 is 0.889 bits per heavy atom. The second-order valence-electron chi connectivity index (χ2n) is 6.48. The Labute approximate surface area is 158 Å². The van der Waals surface area contributed by atoms with Crippen molar-refractivity contribution in [3.05, 3.63) is 53.6 Å². The fourth-order valence-electron chi connectivity index (χ4n) is 3.15. The first-order valence-electron chi connectivity index (χ1n) is 9.13. The number of carbonyl (C=O) groups is 2. The van der Waals surface area contributed by atoms with Crippen LogP contribution in [0.4, 0.5) is 5.69 Å². The molecule has 6 nitrogen and oxygen atoms in total. The average molecular weight is 368 g/mol. The van der Waals surface area contributed by atoms with Gasteiger partial charge in [-0.1, -0.05) is 25.0 Å². The van der Waals surface area contributed by atoms with Crippen LogP contribution in [-0.4, -0.2) is 37.0 Å². The molecule has 1 aliphatic rings. The Balaban J connectivity index is 1.36. The molecule has 2 amide bonds. The van der Waals surface area contributed by atoms with Gasteiger partial charge in [0, 0.05) is 18.3 Å². The van der Waals surface area contributed by atoms with E-state index in [1.807, 2.05) is 0 Å². The summed E-state index contributed by atoms with van der Waals surface area (Å²) in [6.07, 6.45) is 3.56. The summed E-state index contributed by atoms with van der Waals surface area (Å²) in [6, 6.07) is 12.3. The van der Waals surface area contributed by atoms with Crippen LogP contribution in [0.2, 0.25) is 0 Å². The van der Waals surface area contributed by atoms with Crippen LogP contribution in [0.1, 0.15) is 46.4 Å². The van der Waals surface area contributed by atoms with Gasteiger partial charge in [-0.15, -0.1) is 0 Å². The Bertz CT molecular complexity index is 800. The highest BCUT2D eigenvalue weighted by Crippen LogP contribution is 2.29. The lowest BCUT2D eigenvalue weighted by Gasteiger charge is -2.13. The molecule has 2 N–H and O–H groups in total. The minimum absolute atomic E-state index is 0.186. The number of nitrogen functional groups attached to an aromatic ring is 1. The lowest BCUT2D eigenvalue weighted by atomic mass is 10.1. The van der Waals surface area contributed by atoms with Crippen LogP contribution in [-0.2, 0) is 0 Å². The number of nitrogens with zero attached hydrogens (tertiary/aromatic N) is 1. The molecule has 6 heteroatoms. The molecule has 0 saturated heterocycles. The maximum absolute atomic E-state index is 12.3. The number of ether oxygens (including phenoxy) is 2. The van der Waals surface area contributed by atoms with Crippen molar-refractivity contribution >= 4 is 17.5 Å². The first-order valence-corrected chi connectivity index (χ1v) is 9.13. The summed E-state index contributed by atoms with van der Waals surface area (Å²) in [7, 11) is 1.58. The van der Waals surface area contributed by atoms with Crippen molar-refractivity contribution in [2.45, 2.75) is 25.7 Å². The molecule has 3 rings (SSSR count). The van der Waals surface area contributed by atoms with Gasteiger partial charge in [-0.05, 0) is 37.1 Å². The van der Waals surface area contributed by atoms with Crippen LogP contribution in [0.25, 0.3) is 0 Å². The largest absolute Gasteiger partial charge is 0.493 e. The van der Waals surface area contributed by atoms with Gasteiger partial charge < -0.3 is 15.2 Å². The van der Waals surface area contributed by atoms with Crippen molar-refractivity contribution in [3.8, 4) is 11.5 Å². The first-order chi connectivity index (χ1) is 13.1. The molecule has 0 unspecified atom stereocenters. The second-order valence-corrected chi connectivity index (χ2v) is 6.48. The molecule has 0 spiro atoms. The Kier molecular flexibility index (Phi) is 5.96.